The molecular weight excluding hydrogens is 442 g/mol. The minimum absolute atomic E-state index is 0.115. The average molecular weight is 490 g/mol. The zero-order valence-corrected chi connectivity index (χ0v) is 23.5. The van der Waals surface area contributed by atoms with Gasteiger partial charge >= 0.3 is 0 Å². The van der Waals surface area contributed by atoms with E-state index in [1.165, 1.54) is 74.6 Å². The average Bonchev–Trinajstić information content (AvgIpc) is 2.88. The van der Waals surface area contributed by atoms with Gasteiger partial charge in [0.2, 0.25) is 0 Å². The van der Waals surface area contributed by atoms with Gasteiger partial charge in [-0.15, -0.1) is 0 Å². The van der Waals surface area contributed by atoms with E-state index in [1.807, 2.05) is 0 Å². The van der Waals surface area contributed by atoms with Crippen LogP contribution >= 0.6 is 0 Å². The summed E-state index contributed by atoms with van der Waals surface area (Å²) in [5, 5.41) is 13.2. The van der Waals surface area contributed by atoms with Crippen molar-refractivity contribution < 1.29 is 4.43 Å². The first-order chi connectivity index (χ1) is 16.9. The molecule has 1 aliphatic rings. The molecule has 1 saturated carbocycles. The van der Waals surface area contributed by atoms with Gasteiger partial charge in [-0.25, -0.2) is 0 Å². The molecule has 0 unspecified atom stereocenters. The van der Waals surface area contributed by atoms with Crippen LogP contribution in [0.15, 0.2) is 60.7 Å². The molecule has 190 valence electrons. The Kier molecular flexibility index (Phi) is 10.6. The van der Waals surface area contributed by atoms with Crippen molar-refractivity contribution in [2.45, 2.75) is 121 Å². The van der Waals surface area contributed by atoms with Gasteiger partial charge in [-0.05, 0) is 41.1 Å². The van der Waals surface area contributed by atoms with Gasteiger partial charge < -0.3 is 4.43 Å². The van der Waals surface area contributed by atoms with E-state index in [0.717, 1.165) is 25.7 Å². The Hall–Kier alpha value is -1.89. The summed E-state index contributed by atoms with van der Waals surface area (Å²) in [6.07, 6.45) is 17.0. The monoisotopic (exact) mass is 489 g/mol. The van der Waals surface area contributed by atoms with Gasteiger partial charge in [-0.3, -0.25) is 0 Å². The predicted octanol–water partition coefficient (Wildman–Crippen LogP) is 8.30. The van der Waals surface area contributed by atoms with Crippen molar-refractivity contribution in [3.05, 3.63) is 60.7 Å². The van der Waals surface area contributed by atoms with Crippen LogP contribution in [0, 0.1) is 11.3 Å². The maximum Gasteiger partial charge on any atom is 0.263 e. The van der Waals surface area contributed by atoms with Crippen molar-refractivity contribution in [1.82, 2.24) is 0 Å². The fourth-order valence-electron chi connectivity index (χ4n) is 5.89. The smallest absolute Gasteiger partial charge is 0.263 e. The van der Waals surface area contributed by atoms with Gasteiger partial charge in [0.1, 0.15) is 5.60 Å². The molecule has 2 aromatic carbocycles. The molecule has 3 heteroatoms. The zero-order valence-electron chi connectivity index (χ0n) is 22.5. The highest BCUT2D eigenvalue weighted by atomic mass is 28.4. The Morgan fingerprint density at radius 3 is 1.29 bits per heavy atom. The third-order valence-electron chi connectivity index (χ3n) is 7.88. The zero-order chi connectivity index (χ0) is 25.0. The van der Waals surface area contributed by atoms with Gasteiger partial charge in [0.05, 0.1) is 6.07 Å². The van der Waals surface area contributed by atoms with E-state index in [0.29, 0.717) is 0 Å². The van der Waals surface area contributed by atoms with E-state index >= 15 is 0 Å². The van der Waals surface area contributed by atoms with Crippen LogP contribution in [-0.2, 0) is 4.43 Å². The van der Waals surface area contributed by atoms with Crippen LogP contribution < -0.4 is 10.4 Å². The molecule has 0 bridgehead atoms. The van der Waals surface area contributed by atoms with Gasteiger partial charge in [0.15, 0.2) is 0 Å². The third-order valence-corrected chi connectivity index (χ3v) is 13.0. The molecule has 0 N–H and O–H groups in total. The first-order valence-electron chi connectivity index (χ1n) is 14.2. The highest BCUT2D eigenvalue weighted by Crippen LogP contribution is 2.41. The van der Waals surface area contributed by atoms with Crippen LogP contribution in [0.25, 0.3) is 0 Å². The first-order valence-corrected chi connectivity index (χ1v) is 16.1. The van der Waals surface area contributed by atoms with E-state index in [-0.39, 0.29) is 5.04 Å². The number of hydrogen-bond acceptors (Lipinski definition) is 2. The summed E-state index contributed by atoms with van der Waals surface area (Å²) in [6, 6.07) is 24.4. The molecule has 1 aliphatic carbocycles. The lowest BCUT2D eigenvalue weighted by Crippen LogP contribution is -2.69. The summed E-state index contributed by atoms with van der Waals surface area (Å²) in [5.74, 6) is 0. The highest BCUT2D eigenvalue weighted by Gasteiger charge is 2.54. The molecule has 0 saturated heterocycles. The molecule has 0 aliphatic heterocycles. The molecule has 35 heavy (non-hydrogen) atoms. The van der Waals surface area contributed by atoms with E-state index < -0.39 is 13.9 Å². The fourth-order valence-corrected chi connectivity index (χ4v) is 10.7. The summed E-state index contributed by atoms with van der Waals surface area (Å²) in [7, 11) is -2.77. The highest BCUT2D eigenvalue weighted by molar-refractivity contribution is 6.99. The largest absolute Gasteiger partial charge is 0.389 e. The van der Waals surface area contributed by atoms with Crippen LogP contribution in [-0.4, -0.2) is 13.9 Å². The Labute approximate surface area is 216 Å². The predicted molar refractivity (Wildman–Crippen MR) is 152 cm³/mol. The number of hydrogen-bond donors (Lipinski definition) is 0. The minimum Gasteiger partial charge on any atom is -0.389 e. The molecule has 2 nitrogen and oxygen atoms in total. The molecule has 0 amide bonds. The number of benzene rings is 2. The quantitative estimate of drug-likeness (QED) is 0.405. The third kappa shape index (κ3) is 7.31. The van der Waals surface area contributed by atoms with Crippen LogP contribution in [0.1, 0.15) is 111 Å². The maximum absolute atomic E-state index is 10.8. The van der Waals surface area contributed by atoms with Crippen molar-refractivity contribution in [3.63, 3.8) is 0 Å². The van der Waals surface area contributed by atoms with Gasteiger partial charge in [-0.2, -0.15) is 5.26 Å². The molecular formula is C32H47NOSi. The summed E-state index contributed by atoms with van der Waals surface area (Å²) in [4.78, 5) is 0. The molecule has 0 radical (unpaired) electrons. The standard InChI is InChI=1S/C32H47NOSi/c1-31(2,3)35(29-22-16-14-17-23-29,30-24-18-15-19-25-30)34-32(28-33)26-20-12-10-8-6-4-5-7-9-11-13-21-27-32/h14-19,22-25H,4-13,20-21,26-27H2,1-3H3. The normalized spacial score (nSPS) is 19.1. The molecule has 1 fully saturated rings. The lowest BCUT2D eigenvalue weighted by molar-refractivity contribution is 0.0895. The number of rotatable bonds is 4. The Morgan fingerprint density at radius 2 is 0.971 bits per heavy atom. The Morgan fingerprint density at radius 1 is 0.629 bits per heavy atom. The first kappa shape index (κ1) is 27.7. The molecule has 0 heterocycles. The lowest BCUT2D eigenvalue weighted by Gasteiger charge is -2.47. The second-order valence-corrected chi connectivity index (χ2v) is 15.8. The summed E-state index contributed by atoms with van der Waals surface area (Å²) < 4.78 is 7.51. The van der Waals surface area contributed by atoms with Crippen LogP contribution in [0.5, 0.6) is 0 Å². The molecule has 3 rings (SSSR count). The molecule has 2 aromatic rings. The van der Waals surface area contributed by atoms with Gasteiger partial charge in [-0.1, -0.05) is 146 Å². The van der Waals surface area contributed by atoms with E-state index in [1.54, 1.807) is 0 Å². The molecule has 0 spiro atoms. The second kappa shape index (κ2) is 13.4. The number of nitriles is 1. The maximum atomic E-state index is 10.8. The Balaban J connectivity index is 2.01. The number of nitrogens with zero attached hydrogens (tertiary/aromatic N) is 1. The van der Waals surface area contributed by atoms with Crippen LogP contribution in [0.2, 0.25) is 5.04 Å². The summed E-state index contributed by atoms with van der Waals surface area (Å²) in [6.45, 7) is 6.95. The van der Waals surface area contributed by atoms with Crippen molar-refractivity contribution in [2.24, 2.45) is 0 Å². The van der Waals surface area contributed by atoms with Gasteiger partial charge in [0, 0.05) is 0 Å². The fraction of sp³-hybridized carbons (Fsp3) is 0.594. The van der Waals surface area contributed by atoms with E-state index in [2.05, 4.69) is 87.5 Å². The molecule has 0 aromatic heterocycles. The van der Waals surface area contributed by atoms with Crippen molar-refractivity contribution in [2.75, 3.05) is 0 Å². The lowest BCUT2D eigenvalue weighted by atomic mass is 9.91. The topological polar surface area (TPSA) is 33.0 Å². The van der Waals surface area contributed by atoms with Crippen molar-refractivity contribution in [3.8, 4) is 6.07 Å². The van der Waals surface area contributed by atoms with Crippen molar-refractivity contribution in [1.29, 1.82) is 5.26 Å². The van der Waals surface area contributed by atoms with Crippen LogP contribution in [0.3, 0.4) is 0 Å². The van der Waals surface area contributed by atoms with E-state index in [4.69, 9.17) is 4.43 Å². The second-order valence-electron chi connectivity index (χ2n) is 11.6. The summed E-state index contributed by atoms with van der Waals surface area (Å²) >= 11 is 0. The minimum atomic E-state index is -2.77. The van der Waals surface area contributed by atoms with E-state index in [9.17, 15) is 5.26 Å². The van der Waals surface area contributed by atoms with Crippen LogP contribution in [0.4, 0.5) is 0 Å². The molecule has 0 atom stereocenters. The summed E-state index contributed by atoms with van der Waals surface area (Å²) in [5.41, 5.74) is -0.731. The Bertz CT molecular complexity index is 841. The van der Waals surface area contributed by atoms with Gasteiger partial charge in [0.25, 0.3) is 8.32 Å². The SMILES string of the molecule is CC(C)(C)[Si](OC1(C#N)CCCCCCCCCCCCCC1)(c1ccccc1)c1ccccc1. The van der Waals surface area contributed by atoms with Crippen molar-refractivity contribution >= 4 is 18.7 Å².